The van der Waals surface area contributed by atoms with Crippen LogP contribution in [0.5, 0.6) is 0 Å². The third-order valence-electron chi connectivity index (χ3n) is 7.44. The Morgan fingerprint density at radius 3 is 2.20 bits per heavy atom. The van der Waals surface area contributed by atoms with E-state index in [9.17, 15) is 39.3 Å². The first kappa shape index (κ1) is 31.2. The van der Waals surface area contributed by atoms with Gasteiger partial charge in [0.2, 0.25) is 7.94 Å². The van der Waals surface area contributed by atoms with Crippen LogP contribution in [0.2, 0.25) is 0 Å². The van der Waals surface area contributed by atoms with Crippen LogP contribution < -0.4 is 44.9 Å². The third-order valence-corrected chi connectivity index (χ3v) is 8.73. The van der Waals surface area contributed by atoms with E-state index in [0.29, 0.717) is 22.1 Å². The number of carboxylic acid groups (broad SMARTS) is 1. The Morgan fingerprint density at radius 1 is 1.02 bits per heavy atom. The first-order valence-electron chi connectivity index (χ1n) is 12.7. The van der Waals surface area contributed by atoms with Gasteiger partial charge in [0.15, 0.2) is 5.78 Å². The second-order valence-corrected chi connectivity index (χ2v) is 11.8. The van der Waals surface area contributed by atoms with E-state index in [0.717, 1.165) is 10.3 Å². The predicted molar refractivity (Wildman–Crippen MR) is 143 cm³/mol. The summed E-state index contributed by atoms with van der Waals surface area (Å²) >= 11 is 0. The average Bonchev–Trinajstić information content (AvgIpc) is 3.37. The fourth-order valence-corrected chi connectivity index (χ4v) is 6.70. The topological polar surface area (TPSA) is 186 Å². The van der Waals surface area contributed by atoms with E-state index in [1.54, 1.807) is 54.6 Å². The number of nitrogens with one attached hydrogen (secondary N) is 1. The normalized spacial score (nSPS) is 21.6. The van der Waals surface area contributed by atoms with Crippen LogP contribution in [0.1, 0.15) is 39.1 Å². The molecule has 2 aliphatic heterocycles. The Kier molecular flexibility index (Phi) is 9.63. The van der Waals surface area contributed by atoms with Crippen molar-refractivity contribution in [1.82, 2.24) is 10.2 Å². The van der Waals surface area contributed by atoms with Gasteiger partial charge in [0.1, 0.15) is 6.04 Å². The van der Waals surface area contributed by atoms with Crippen molar-refractivity contribution in [3.05, 3.63) is 83.4 Å². The number of benzene rings is 3. The van der Waals surface area contributed by atoms with Crippen molar-refractivity contribution >= 4 is 42.4 Å². The molecular formula is C28H27N3NaO8P. The van der Waals surface area contributed by atoms with E-state index < -0.39 is 55.4 Å². The molecule has 13 heteroatoms. The first-order chi connectivity index (χ1) is 19.0. The zero-order valence-corrected chi connectivity index (χ0v) is 25.1. The van der Waals surface area contributed by atoms with Crippen LogP contribution >= 0.6 is 7.94 Å². The second kappa shape index (κ2) is 12.6. The monoisotopic (exact) mass is 587 g/mol. The predicted octanol–water partition coefficient (Wildman–Crippen LogP) is -2.30. The van der Waals surface area contributed by atoms with Crippen LogP contribution in [-0.4, -0.2) is 67.9 Å². The van der Waals surface area contributed by atoms with Crippen LogP contribution in [0.3, 0.4) is 0 Å². The van der Waals surface area contributed by atoms with Crippen molar-refractivity contribution in [3.63, 3.8) is 0 Å². The summed E-state index contributed by atoms with van der Waals surface area (Å²) in [5, 5.41) is 26.5. The Morgan fingerprint density at radius 2 is 1.63 bits per heavy atom. The van der Waals surface area contributed by atoms with Gasteiger partial charge < -0.3 is 15.1 Å². The van der Waals surface area contributed by atoms with Crippen molar-refractivity contribution in [1.29, 1.82) is 0 Å². The van der Waals surface area contributed by atoms with E-state index in [1.807, 2.05) is 12.1 Å². The van der Waals surface area contributed by atoms with Crippen molar-refractivity contribution in [2.24, 2.45) is 10.9 Å². The molecule has 2 amide bonds. The average molecular weight is 588 g/mol. The minimum absolute atomic E-state index is 0. The molecule has 11 nitrogen and oxygen atoms in total. The van der Waals surface area contributed by atoms with Gasteiger partial charge in [-0.05, 0) is 41.8 Å². The number of rotatable bonds is 9. The smallest absolute Gasteiger partial charge is 0.861 e. The SMILES string of the molecule is O=C(O)[C@H](Cc1ccccc1)N=C([O-])[C@@H]1C[C@@H](CCN2C(=O)c3cccc4cccc(c34)C2=O)[C@@H]([P+]([O-])(O)O)N1.[Na+]. The van der Waals surface area contributed by atoms with Gasteiger partial charge in [0, 0.05) is 41.4 Å². The van der Waals surface area contributed by atoms with Gasteiger partial charge in [-0.15, -0.1) is 0 Å². The molecule has 0 saturated carbocycles. The molecule has 5 rings (SSSR count). The molecule has 3 aromatic rings. The molecule has 4 atom stereocenters. The molecule has 41 heavy (non-hydrogen) atoms. The van der Waals surface area contributed by atoms with E-state index in [-0.39, 0.29) is 55.4 Å². The first-order valence-corrected chi connectivity index (χ1v) is 14.4. The number of aliphatic imine (C=N–C) groups is 1. The summed E-state index contributed by atoms with van der Waals surface area (Å²) in [6.45, 7) is -0.116. The summed E-state index contributed by atoms with van der Waals surface area (Å²) in [7, 11) is -4.75. The molecule has 1 fully saturated rings. The second-order valence-electron chi connectivity index (χ2n) is 10.0. The van der Waals surface area contributed by atoms with Crippen LogP contribution in [0, 0.1) is 5.92 Å². The van der Waals surface area contributed by atoms with Crippen molar-refractivity contribution < 1.29 is 68.8 Å². The molecule has 0 unspecified atom stereocenters. The fourth-order valence-electron chi connectivity index (χ4n) is 5.51. The third kappa shape index (κ3) is 6.53. The molecule has 0 radical (unpaired) electrons. The fraction of sp³-hybridized carbons (Fsp3) is 0.286. The number of carbonyl (C=O) groups is 3. The number of hydrogen-bond acceptors (Lipinski definition) is 9. The molecule has 0 spiro atoms. The summed E-state index contributed by atoms with van der Waals surface area (Å²) in [6.07, 6.45) is -0.0415. The van der Waals surface area contributed by atoms with Crippen LogP contribution in [0.15, 0.2) is 71.7 Å². The van der Waals surface area contributed by atoms with Crippen LogP contribution in [0.4, 0.5) is 0 Å². The number of imide groups is 1. The summed E-state index contributed by atoms with van der Waals surface area (Å²) in [5.74, 6) is -5.32. The Hall–Kier alpha value is -2.73. The molecule has 2 heterocycles. The molecule has 2 aliphatic rings. The van der Waals surface area contributed by atoms with Gasteiger partial charge in [-0.25, -0.2) is 14.6 Å². The number of nitrogens with zero attached hydrogens (tertiary/aromatic N) is 2. The molecule has 4 N–H and O–H groups in total. The molecule has 0 bridgehead atoms. The molecule has 0 aromatic heterocycles. The summed E-state index contributed by atoms with van der Waals surface area (Å²) in [6, 6.07) is 16.5. The zero-order chi connectivity index (χ0) is 28.6. The summed E-state index contributed by atoms with van der Waals surface area (Å²) in [5.41, 5.74) is 1.41. The maximum Gasteiger partial charge on any atom is 1.00 e. The van der Waals surface area contributed by atoms with E-state index in [1.165, 1.54) is 0 Å². The van der Waals surface area contributed by atoms with Crippen LogP contribution in [0.25, 0.3) is 10.8 Å². The molecule has 0 aliphatic carbocycles. The largest absolute Gasteiger partial charge is 1.00 e. The van der Waals surface area contributed by atoms with Gasteiger partial charge >= 0.3 is 35.5 Å². The van der Waals surface area contributed by atoms with E-state index >= 15 is 0 Å². The van der Waals surface area contributed by atoms with E-state index in [4.69, 9.17) is 0 Å². The summed E-state index contributed by atoms with van der Waals surface area (Å²) < 4.78 is 0. The minimum atomic E-state index is -4.75. The zero-order valence-electron chi connectivity index (χ0n) is 22.2. The van der Waals surface area contributed by atoms with Gasteiger partial charge in [-0.1, -0.05) is 54.6 Å². The van der Waals surface area contributed by atoms with Gasteiger partial charge in [-0.2, -0.15) is 0 Å². The van der Waals surface area contributed by atoms with Gasteiger partial charge in [0.25, 0.3) is 11.8 Å². The van der Waals surface area contributed by atoms with Crippen LogP contribution in [-0.2, 0) is 11.2 Å². The number of carbonyl (C=O) groups excluding carboxylic acids is 2. The van der Waals surface area contributed by atoms with Gasteiger partial charge in [-0.3, -0.25) is 24.8 Å². The molecule has 208 valence electrons. The maximum absolute atomic E-state index is 13.2. The van der Waals surface area contributed by atoms with E-state index in [2.05, 4.69) is 10.3 Å². The number of carboxylic acids is 1. The Labute approximate surface area is 258 Å². The van der Waals surface area contributed by atoms with Crippen molar-refractivity contribution in [2.75, 3.05) is 6.54 Å². The maximum atomic E-state index is 13.2. The summed E-state index contributed by atoms with van der Waals surface area (Å²) in [4.78, 5) is 75.4. The van der Waals surface area contributed by atoms with Crippen molar-refractivity contribution in [2.45, 2.75) is 37.1 Å². The Balaban J connectivity index is 0.00000387. The quantitative estimate of drug-likeness (QED) is 0.0702. The molecular weight excluding hydrogens is 560 g/mol. The molecule has 3 aromatic carbocycles. The Bertz CT molecular complexity index is 1450. The number of hydrogen-bond donors (Lipinski definition) is 4. The van der Waals surface area contributed by atoms with Gasteiger partial charge in [0.05, 0.1) is 0 Å². The standard InChI is InChI=1S/C28H28N3O8P.Na/c32-24(29-22(28(35)36)14-16-6-2-1-3-7-16)21-15-18(25(30-21)40(37,38)39)12-13-31-26(33)19-10-4-8-17-9-5-11-20(23(17)19)27(31)34;/h1-11,18,21-22,25,30H,12-15H2,(H,29,32)(H,35,36)(H2,37,38,39);/q;+1/p-1/t18-,21+,22+,25-;/m1./s1. The minimum Gasteiger partial charge on any atom is -0.861 e. The molecule has 1 saturated heterocycles. The van der Waals surface area contributed by atoms with Crippen molar-refractivity contribution in [3.8, 4) is 0 Å². The number of aliphatic carboxylic acids is 1. The number of amides is 2.